The topological polar surface area (TPSA) is 38.7 Å². The third-order valence-corrected chi connectivity index (χ3v) is 3.53. The summed E-state index contributed by atoms with van der Waals surface area (Å²) in [5.41, 5.74) is 0. The van der Waals surface area contributed by atoms with Crippen LogP contribution in [0.25, 0.3) is 0 Å². The van der Waals surface area contributed by atoms with Crippen molar-refractivity contribution < 1.29 is 5.11 Å². The van der Waals surface area contributed by atoms with E-state index >= 15 is 0 Å². The summed E-state index contributed by atoms with van der Waals surface area (Å²) in [5, 5.41) is 13.0. The predicted molar refractivity (Wildman–Crippen MR) is 67.7 cm³/mol. The Kier molecular flexibility index (Phi) is 5.69. The maximum Gasteiger partial charge on any atom is 0.0791 e. The highest BCUT2D eigenvalue weighted by molar-refractivity contribution is 4.83. The van der Waals surface area contributed by atoms with Crippen LogP contribution in [0.1, 0.15) is 20.8 Å². The monoisotopic (exact) mass is 229 g/mol. The highest BCUT2D eigenvalue weighted by Gasteiger charge is 2.27. The standard InChI is InChI=1S/C12H27N3O/c1-5-13-6-12(16)9-15-7-10(2)14(4)11(3)8-15/h10-13,16H,5-9H2,1-4H3. The maximum absolute atomic E-state index is 9.85. The van der Waals surface area contributed by atoms with Gasteiger partial charge in [0.05, 0.1) is 6.10 Å². The van der Waals surface area contributed by atoms with E-state index in [0.29, 0.717) is 18.6 Å². The van der Waals surface area contributed by atoms with Crippen LogP contribution in [0, 0.1) is 0 Å². The highest BCUT2D eigenvalue weighted by Crippen LogP contribution is 2.13. The zero-order valence-electron chi connectivity index (χ0n) is 11.1. The molecule has 1 aliphatic rings. The van der Waals surface area contributed by atoms with Gasteiger partial charge in [0, 0.05) is 38.3 Å². The molecule has 3 unspecified atom stereocenters. The Morgan fingerprint density at radius 2 is 1.88 bits per heavy atom. The fraction of sp³-hybridized carbons (Fsp3) is 1.00. The summed E-state index contributed by atoms with van der Waals surface area (Å²) < 4.78 is 0. The summed E-state index contributed by atoms with van der Waals surface area (Å²) >= 11 is 0. The maximum atomic E-state index is 9.85. The molecular formula is C12H27N3O. The number of hydrogen-bond acceptors (Lipinski definition) is 4. The van der Waals surface area contributed by atoms with E-state index in [1.54, 1.807) is 0 Å². The molecule has 0 amide bonds. The minimum absolute atomic E-state index is 0.247. The van der Waals surface area contributed by atoms with Crippen LogP contribution in [-0.2, 0) is 0 Å². The molecule has 0 aromatic heterocycles. The first kappa shape index (κ1) is 13.9. The second-order valence-electron chi connectivity index (χ2n) is 5.04. The molecule has 0 aromatic carbocycles. The van der Waals surface area contributed by atoms with Crippen molar-refractivity contribution in [2.24, 2.45) is 0 Å². The summed E-state index contributed by atoms with van der Waals surface area (Å²) in [4.78, 5) is 4.78. The molecule has 1 aliphatic heterocycles. The van der Waals surface area contributed by atoms with Gasteiger partial charge in [-0.1, -0.05) is 6.92 Å². The molecular weight excluding hydrogens is 202 g/mol. The number of aliphatic hydroxyl groups excluding tert-OH is 1. The first-order valence-electron chi connectivity index (χ1n) is 6.37. The van der Waals surface area contributed by atoms with E-state index < -0.39 is 0 Å². The Morgan fingerprint density at radius 3 is 2.38 bits per heavy atom. The Balaban J connectivity index is 2.32. The van der Waals surface area contributed by atoms with E-state index in [9.17, 15) is 5.11 Å². The Labute approximate surface area is 99.6 Å². The Hall–Kier alpha value is -0.160. The average Bonchev–Trinajstić information content (AvgIpc) is 2.23. The van der Waals surface area contributed by atoms with Crippen LogP contribution in [0.4, 0.5) is 0 Å². The quantitative estimate of drug-likeness (QED) is 0.695. The van der Waals surface area contributed by atoms with Crippen molar-refractivity contribution in [3.05, 3.63) is 0 Å². The van der Waals surface area contributed by atoms with E-state index in [4.69, 9.17) is 0 Å². The van der Waals surface area contributed by atoms with Crippen LogP contribution in [0.3, 0.4) is 0 Å². The van der Waals surface area contributed by atoms with Gasteiger partial charge in [0.15, 0.2) is 0 Å². The second-order valence-corrected chi connectivity index (χ2v) is 5.04. The average molecular weight is 229 g/mol. The zero-order chi connectivity index (χ0) is 12.1. The van der Waals surface area contributed by atoms with Crippen molar-refractivity contribution in [2.75, 3.05) is 39.8 Å². The summed E-state index contributed by atoms with van der Waals surface area (Å²) in [6, 6.07) is 1.16. The summed E-state index contributed by atoms with van der Waals surface area (Å²) in [6.45, 7) is 11.1. The predicted octanol–water partition coefficient (Wildman–Crippen LogP) is -0.0188. The molecule has 1 rings (SSSR count). The molecule has 0 bridgehead atoms. The molecule has 1 fully saturated rings. The molecule has 0 radical (unpaired) electrons. The van der Waals surface area contributed by atoms with Crippen molar-refractivity contribution in [1.29, 1.82) is 0 Å². The normalized spacial score (nSPS) is 30.6. The number of likely N-dealkylation sites (N-methyl/N-ethyl adjacent to an activating group) is 2. The molecule has 96 valence electrons. The highest BCUT2D eigenvalue weighted by atomic mass is 16.3. The number of β-amino-alcohol motifs (C(OH)–C–C–N with tert-alkyl or cyclic N) is 1. The molecule has 0 aromatic rings. The van der Waals surface area contributed by atoms with Crippen LogP contribution >= 0.6 is 0 Å². The van der Waals surface area contributed by atoms with Crippen molar-refractivity contribution in [3.63, 3.8) is 0 Å². The van der Waals surface area contributed by atoms with E-state index in [1.165, 1.54) is 0 Å². The summed E-state index contributed by atoms with van der Waals surface area (Å²) in [5.74, 6) is 0. The Bertz CT molecular complexity index is 189. The van der Waals surface area contributed by atoms with Crippen LogP contribution in [0.5, 0.6) is 0 Å². The van der Waals surface area contributed by atoms with E-state index in [1.807, 2.05) is 0 Å². The van der Waals surface area contributed by atoms with Crippen molar-refractivity contribution in [2.45, 2.75) is 39.0 Å². The molecule has 0 aliphatic carbocycles. The van der Waals surface area contributed by atoms with Crippen LogP contribution in [0.2, 0.25) is 0 Å². The largest absolute Gasteiger partial charge is 0.390 e. The lowest BCUT2D eigenvalue weighted by Crippen LogP contribution is -2.56. The fourth-order valence-corrected chi connectivity index (χ4v) is 2.34. The van der Waals surface area contributed by atoms with Gasteiger partial charge in [0.1, 0.15) is 0 Å². The molecule has 2 N–H and O–H groups in total. The van der Waals surface area contributed by atoms with Gasteiger partial charge in [0.2, 0.25) is 0 Å². The third-order valence-electron chi connectivity index (χ3n) is 3.53. The molecule has 0 spiro atoms. The number of piperazine rings is 1. The summed E-state index contributed by atoms with van der Waals surface area (Å²) in [6.07, 6.45) is -0.247. The van der Waals surface area contributed by atoms with Crippen LogP contribution in [0.15, 0.2) is 0 Å². The van der Waals surface area contributed by atoms with E-state index in [-0.39, 0.29) is 6.10 Å². The first-order valence-corrected chi connectivity index (χ1v) is 6.37. The second kappa shape index (κ2) is 6.55. The zero-order valence-corrected chi connectivity index (χ0v) is 11.1. The van der Waals surface area contributed by atoms with Gasteiger partial charge < -0.3 is 10.4 Å². The third kappa shape index (κ3) is 4.01. The van der Waals surface area contributed by atoms with Gasteiger partial charge in [-0.2, -0.15) is 0 Å². The smallest absolute Gasteiger partial charge is 0.0791 e. The molecule has 0 saturated carbocycles. The van der Waals surface area contributed by atoms with Crippen molar-refractivity contribution >= 4 is 0 Å². The van der Waals surface area contributed by atoms with Gasteiger partial charge in [-0.25, -0.2) is 0 Å². The van der Waals surface area contributed by atoms with Crippen LogP contribution in [-0.4, -0.2) is 72.9 Å². The first-order chi connectivity index (χ1) is 7.54. The van der Waals surface area contributed by atoms with Gasteiger partial charge in [-0.05, 0) is 27.4 Å². The SMILES string of the molecule is CCNCC(O)CN1CC(C)N(C)C(C)C1. The van der Waals surface area contributed by atoms with Crippen LogP contribution < -0.4 is 5.32 Å². The Morgan fingerprint density at radius 1 is 1.31 bits per heavy atom. The summed E-state index contributed by atoms with van der Waals surface area (Å²) in [7, 11) is 2.18. The lowest BCUT2D eigenvalue weighted by atomic mass is 10.1. The number of nitrogens with one attached hydrogen (secondary N) is 1. The van der Waals surface area contributed by atoms with Gasteiger partial charge >= 0.3 is 0 Å². The lowest BCUT2D eigenvalue weighted by molar-refractivity contribution is 0.0289. The van der Waals surface area contributed by atoms with Crippen molar-refractivity contribution in [3.8, 4) is 0 Å². The minimum Gasteiger partial charge on any atom is -0.390 e. The minimum atomic E-state index is -0.247. The number of aliphatic hydroxyl groups is 1. The molecule has 16 heavy (non-hydrogen) atoms. The van der Waals surface area contributed by atoms with Gasteiger partial charge in [-0.15, -0.1) is 0 Å². The number of nitrogens with zero attached hydrogens (tertiary/aromatic N) is 2. The molecule has 3 atom stereocenters. The molecule has 4 nitrogen and oxygen atoms in total. The fourth-order valence-electron chi connectivity index (χ4n) is 2.34. The molecule has 1 heterocycles. The molecule has 4 heteroatoms. The van der Waals surface area contributed by atoms with E-state index in [0.717, 1.165) is 26.2 Å². The lowest BCUT2D eigenvalue weighted by Gasteiger charge is -2.43. The van der Waals surface area contributed by atoms with Gasteiger partial charge in [0.25, 0.3) is 0 Å². The number of rotatable bonds is 5. The number of hydrogen-bond donors (Lipinski definition) is 2. The van der Waals surface area contributed by atoms with E-state index in [2.05, 4.69) is 42.9 Å². The van der Waals surface area contributed by atoms with Crippen molar-refractivity contribution in [1.82, 2.24) is 15.1 Å². The molecule has 1 saturated heterocycles. The van der Waals surface area contributed by atoms with Gasteiger partial charge in [-0.3, -0.25) is 9.80 Å².